The molecule has 1 aromatic carbocycles. The highest BCUT2D eigenvalue weighted by Gasteiger charge is 2.32. The second-order valence-electron chi connectivity index (χ2n) is 5.44. The topological polar surface area (TPSA) is 20.3 Å². The van der Waals surface area contributed by atoms with Gasteiger partial charge >= 0.3 is 0 Å². The first-order valence-electron chi connectivity index (χ1n) is 6.90. The number of hydrogen-bond acceptors (Lipinski definition) is 1. The Morgan fingerprint density at radius 1 is 1.32 bits per heavy atom. The standard InChI is InChI=1S/C16H18FNO/c1-11-15-7-6-14(17)10-13(15)8-9-18(11)16(19)12-4-2-3-5-12/h2-3,6-7,10-12H,4-5,8-9H2,1H3. The molecule has 0 N–H and O–H groups in total. The van der Waals surface area contributed by atoms with Gasteiger partial charge in [-0.2, -0.15) is 0 Å². The van der Waals surface area contributed by atoms with Gasteiger partial charge in [0.15, 0.2) is 0 Å². The van der Waals surface area contributed by atoms with Crippen LogP contribution in [0.3, 0.4) is 0 Å². The number of amides is 1. The molecule has 0 saturated carbocycles. The van der Waals surface area contributed by atoms with Crippen LogP contribution in [-0.4, -0.2) is 17.4 Å². The summed E-state index contributed by atoms with van der Waals surface area (Å²) in [4.78, 5) is 14.5. The van der Waals surface area contributed by atoms with Gasteiger partial charge in [0.2, 0.25) is 5.91 Å². The largest absolute Gasteiger partial charge is 0.335 e. The lowest BCUT2D eigenvalue weighted by molar-refractivity contribution is -0.137. The molecule has 1 amide bonds. The first-order valence-corrected chi connectivity index (χ1v) is 6.90. The predicted molar refractivity (Wildman–Crippen MR) is 72.1 cm³/mol. The van der Waals surface area contributed by atoms with E-state index in [9.17, 15) is 9.18 Å². The van der Waals surface area contributed by atoms with Gasteiger partial charge < -0.3 is 4.90 Å². The number of carbonyl (C=O) groups excluding carboxylic acids is 1. The van der Waals surface area contributed by atoms with Crippen LogP contribution in [0.25, 0.3) is 0 Å². The number of nitrogens with zero attached hydrogens (tertiary/aromatic N) is 1. The zero-order valence-electron chi connectivity index (χ0n) is 11.1. The lowest BCUT2D eigenvalue weighted by atomic mass is 9.92. The van der Waals surface area contributed by atoms with Gasteiger partial charge in [0.05, 0.1) is 6.04 Å². The van der Waals surface area contributed by atoms with E-state index in [0.717, 1.165) is 30.4 Å². The number of allylic oxidation sites excluding steroid dienone is 2. The first-order chi connectivity index (χ1) is 9.16. The Hall–Kier alpha value is -1.64. The maximum absolute atomic E-state index is 13.2. The van der Waals surface area contributed by atoms with E-state index in [4.69, 9.17) is 0 Å². The van der Waals surface area contributed by atoms with Crippen molar-refractivity contribution in [3.63, 3.8) is 0 Å². The fourth-order valence-electron chi connectivity index (χ4n) is 3.16. The fourth-order valence-corrected chi connectivity index (χ4v) is 3.16. The monoisotopic (exact) mass is 259 g/mol. The Balaban J connectivity index is 1.83. The maximum atomic E-state index is 13.2. The van der Waals surface area contributed by atoms with E-state index in [2.05, 4.69) is 12.2 Å². The zero-order chi connectivity index (χ0) is 13.4. The highest BCUT2D eigenvalue weighted by Crippen LogP contribution is 2.32. The van der Waals surface area contributed by atoms with E-state index >= 15 is 0 Å². The van der Waals surface area contributed by atoms with Gasteiger partial charge in [0.25, 0.3) is 0 Å². The van der Waals surface area contributed by atoms with Crippen LogP contribution >= 0.6 is 0 Å². The molecule has 1 aliphatic carbocycles. The molecule has 3 rings (SSSR count). The van der Waals surface area contributed by atoms with E-state index in [-0.39, 0.29) is 23.7 Å². The Morgan fingerprint density at radius 2 is 2.05 bits per heavy atom. The minimum Gasteiger partial charge on any atom is -0.335 e. The molecule has 1 heterocycles. The number of halogens is 1. The number of hydrogen-bond donors (Lipinski definition) is 0. The summed E-state index contributed by atoms with van der Waals surface area (Å²) in [5.41, 5.74) is 2.13. The molecule has 2 aliphatic rings. The van der Waals surface area contributed by atoms with E-state index in [1.165, 1.54) is 6.07 Å². The zero-order valence-corrected chi connectivity index (χ0v) is 11.1. The second kappa shape index (κ2) is 4.80. The van der Waals surface area contributed by atoms with Crippen LogP contribution in [0.1, 0.15) is 36.9 Å². The number of benzene rings is 1. The van der Waals surface area contributed by atoms with Crippen molar-refractivity contribution in [3.05, 3.63) is 47.3 Å². The van der Waals surface area contributed by atoms with Gasteiger partial charge in [-0.1, -0.05) is 18.2 Å². The molecule has 1 aliphatic heterocycles. The van der Waals surface area contributed by atoms with Crippen molar-refractivity contribution >= 4 is 5.91 Å². The predicted octanol–water partition coefficient (Wildman–Crippen LogP) is 3.24. The summed E-state index contributed by atoms with van der Waals surface area (Å²) >= 11 is 0. The van der Waals surface area contributed by atoms with Crippen molar-refractivity contribution < 1.29 is 9.18 Å². The molecule has 2 nitrogen and oxygen atoms in total. The molecule has 0 saturated heterocycles. The van der Waals surface area contributed by atoms with Crippen molar-refractivity contribution in [1.29, 1.82) is 0 Å². The third-order valence-electron chi connectivity index (χ3n) is 4.28. The Labute approximate surface area is 112 Å². The molecule has 0 aromatic heterocycles. The third kappa shape index (κ3) is 2.18. The average Bonchev–Trinajstić information content (AvgIpc) is 2.92. The summed E-state index contributed by atoms with van der Waals surface area (Å²) in [6.07, 6.45) is 6.64. The Morgan fingerprint density at radius 3 is 2.79 bits per heavy atom. The van der Waals surface area contributed by atoms with Crippen LogP contribution in [0.2, 0.25) is 0 Å². The van der Waals surface area contributed by atoms with E-state index in [1.807, 2.05) is 17.9 Å². The van der Waals surface area contributed by atoms with Crippen LogP contribution in [0, 0.1) is 11.7 Å². The Bertz CT molecular complexity index is 530. The van der Waals surface area contributed by atoms with Crippen LogP contribution in [-0.2, 0) is 11.2 Å². The number of fused-ring (bicyclic) bond motifs is 1. The first kappa shape index (κ1) is 12.4. The molecular weight excluding hydrogens is 241 g/mol. The highest BCUT2D eigenvalue weighted by molar-refractivity contribution is 5.80. The SMILES string of the molecule is CC1c2ccc(F)cc2CCN1C(=O)C1CC=CC1. The summed E-state index contributed by atoms with van der Waals surface area (Å²) in [5.74, 6) is 0.169. The van der Waals surface area contributed by atoms with Crippen molar-refractivity contribution in [2.45, 2.75) is 32.2 Å². The molecule has 100 valence electrons. The molecule has 0 fully saturated rings. The Kier molecular flexibility index (Phi) is 3.13. The van der Waals surface area contributed by atoms with Crippen LogP contribution in [0.4, 0.5) is 4.39 Å². The molecule has 0 bridgehead atoms. The van der Waals surface area contributed by atoms with Crippen molar-refractivity contribution in [2.24, 2.45) is 5.92 Å². The van der Waals surface area contributed by atoms with Gasteiger partial charge in [0, 0.05) is 12.5 Å². The maximum Gasteiger partial charge on any atom is 0.226 e. The van der Waals surface area contributed by atoms with E-state index < -0.39 is 0 Å². The summed E-state index contributed by atoms with van der Waals surface area (Å²) < 4.78 is 13.2. The van der Waals surface area contributed by atoms with Gasteiger partial charge in [-0.15, -0.1) is 0 Å². The quantitative estimate of drug-likeness (QED) is 0.709. The lowest BCUT2D eigenvalue weighted by Crippen LogP contribution is -2.41. The summed E-state index contributed by atoms with van der Waals surface area (Å²) in [6, 6.07) is 4.96. The molecular formula is C16H18FNO. The molecule has 1 unspecified atom stereocenters. The van der Waals surface area contributed by atoms with E-state index in [1.54, 1.807) is 6.07 Å². The normalized spacial score (nSPS) is 22.6. The summed E-state index contributed by atoms with van der Waals surface area (Å²) in [7, 11) is 0. The lowest BCUT2D eigenvalue weighted by Gasteiger charge is -2.36. The number of carbonyl (C=O) groups is 1. The molecule has 0 radical (unpaired) electrons. The van der Waals surface area contributed by atoms with Gasteiger partial charge in [0.1, 0.15) is 5.82 Å². The van der Waals surface area contributed by atoms with Crippen LogP contribution in [0.5, 0.6) is 0 Å². The van der Waals surface area contributed by atoms with Gasteiger partial charge in [-0.3, -0.25) is 4.79 Å². The van der Waals surface area contributed by atoms with Gasteiger partial charge in [-0.25, -0.2) is 4.39 Å². The minimum atomic E-state index is -0.189. The molecule has 3 heteroatoms. The van der Waals surface area contributed by atoms with Crippen LogP contribution in [0.15, 0.2) is 30.4 Å². The highest BCUT2D eigenvalue weighted by atomic mass is 19.1. The van der Waals surface area contributed by atoms with Crippen LogP contribution < -0.4 is 0 Å². The molecule has 19 heavy (non-hydrogen) atoms. The molecule has 0 spiro atoms. The van der Waals surface area contributed by atoms with Crippen molar-refractivity contribution in [2.75, 3.05) is 6.54 Å². The molecule has 1 atom stereocenters. The minimum absolute atomic E-state index is 0.0532. The average molecular weight is 259 g/mol. The van der Waals surface area contributed by atoms with Gasteiger partial charge in [-0.05, 0) is 49.4 Å². The smallest absolute Gasteiger partial charge is 0.226 e. The van der Waals surface area contributed by atoms with E-state index in [0.29, 0.717) is 6.54 Å². The third-order valence-corrected chi connectivity index (χ3v) is 4.28. The summed E-state index contributed by atoms with van der Waals surface area (Å²) in [6.45, 7) is 2.74. The van der Waals surface area contributed by atoms with Crippen molar-refractivity contribution in [3.8, 4) is 0 Å². The van der Waals surface area contributed by atoms with Crippen molar-refractivity contribution in [1.82, 2.24) is 4.90 Å². The fraction of sp³-hybridized carbons (Fsp3) is 0.438. The summed E-state index contributed by atoms with van der Waals surface area (Å²) in [5, 5.41) is 0. The second-order valence-corrected chi connectivity index (χ2v) is 5.44. The number of rotatable bonds is 1. The molecule has 1 aromatic rings.